The van der Waals surface area contributed by atoms with Crippen molar-refractivity contribution in [3.8, 4) is 0 Å². The van der Waals surface area contributed by atoms with E-state index in [1.54, 1.807) is 0 Å². The quantitative estimate of drug-likeness (QED) is 0.102. The molecule has 0 fully saturated rings. The summed E-state index contributed by atoms with van der Waals surface area (Å²) in [5.41, 5.74) is 11.3. The number of hydrogen-bond donors (Lipinski definition) is 0. The van der Waals surface area contributed by atoms with Crippen LogP contribution in [0.3, 0.4) is 0 Å². The fourth-order valence-electron chi connectivity index (χ4n) is 7.96. The predicted octanol–water partition coefficient (Wildman–Crippen LogP) is 15.5. The highest BCUT2D eigenvalue weighted by Gasteiger charge is 2.31. The average molecular weight is 779 g/mol. The van der Waals surface area contributed by atoms with Crippen molar-refractivity contribution >= 4 is 51.2 Å². The van der Waals surface area contributed by atoms with Crippen molar-refractivity contribution in [1.29, 1.82) is 0 Å². The summed E-state index contributed by atoms with van der Waals surface area (Å²) < 4.78 is 0. The average Bonchev–Trinajstić information content (AvgIpc) is 3.31. The first-order valence-corrected chi connectivity index (χ1v) is 20.6. The highest BCUT2D eigenvalue weighted by molar-refractivity contribution is 5.81. The van der Waals surface area contributed by atoms with Crippen LogP contribution in [0.25, 0.3) is 0 Å². The molecule has 294 valence electrons. The molecule has 4 nitrogen and oxygen atoms in total. The van der Waals surface area contributed by atoms with Gasteiger partial charge in [-0.1, -0.05) is 128 Å². The molecule has 7 aromatic carbocycles. The maximum Gasteiger partial charge on any atom is 0.0642 e. The first-order valence-electron chi connectivity index (χ1n) is 20.6. The molecule has 0 radical (unpaired) electrons. The third kappa shape index (κ3) is 8.64. The number of anilines is 9. The summed E-state index contributed by atoms with van der Waals surface area (Å²) in [4.78, 5) is 9.24. The Balaban J connectivity index is 1.19. The predicted molar refractivity (Wildman–Crippen MR) is 257 cm³/mol. The van der Waals surface area contributed by atoms with Crippen molar-refractivity contribution in [2.24, 2.45) is 0 Å². The Morgan fingerprint density at radius 1 is 0.450 bits per heavy atom. The molecule has 0 bridgehead atoms. The second-order valence-electron chi connectivity index (χ2n) is 14.9. The molecule has 1 unspecified atom stereocenters. The molecule has 0 saturated carbocycles. The lowest BCUT2D eigenvalue weighted by Crippen LogP contribution is -2.44. The zero-order valence-electron chi connectivity index (χ0n) is 34.3. The van der Waals surface area contributed by atoms with E-state index in [4.69, 9.17) is 0 Å². The van der Waals surface area contributed by atoms with Crippen molar-refractivity contribution in [3.05, 3.63) is 261 Å². The fraction of sp³-hybridized carbons (Fsp3) is 0.0714. The Labute approximate surface area is 355 Å². The second-order valence-corrected chi connectivity index (χ2v) is 14.9. The summed E-state index contributed by atoms with van der Waals surface area (Å²) in [5, 5.41) is 0. The van der Waals surface area contributed by atoms with Crippen molar-refractivity contribution in [2.45, 2.75) is 25.8 Å². The molecule has 0 aromatic heterocycles. The van der Waals surface area contributed by atoms with Crippen molar-refractivity contribution in [3.63, 3.8) is 0 Å². The van der Waals surface area contributed by atoms with Gasteiger partial charge >= 0.3 is 0 Å². The van der Waals surface area contributed by atoms with Crippen LogP contribution in [0.4, 0.5) is 51.2 Å². The summed E-state index contributed by atoms with van der Waals surface area (Å²) in [6, 6.07) is 70.3. The zero-order chi connectivity index (χ0) is 41.2. The second kappa shape index (κ2) is 18.4. The van der Waals surface area contributed by atoms with Crippen LogP contribution in [0.1, 0.15) is 20.3 Å². The highest BCUT2D eigenvalue weighted by Crippen LogP contribution is 2.40. The molecule has 4 heteroatoms. The molecule has 0 heterocycles. The van der Waals surface area contributed by atoms with E-state index in [0.29, 0.717) is 0 Å². The van der Waals surface area contributed by atoms with E-state index >= 15 is 0 Å². The third-order valence-corrected chi connectivity index (χ3v) is 10.8. The smallest absolute Gasteiger partial charge is 0.0642 e. The van der Waals surface area contributed by atoms with Crippen LogP contribution in [0.15, 0.2) is 261 Å². The molecule has 7 aromatic rings. The lowest BCUT2D eigenvalue weighted by Gasteiger charge is -2.42. The van der Waals surface area contributed by atoms with Gasteiger partial charge in [0, 0.05) is 62.6 Å². The molecule has 1 atom stereocenters. The van der Waals surface area contributed by atoms with E-state index in [1.165, 1.54) is 0 Å². The Morgan fingerprint density at radius 3 is 1.15 bits per heavy atom. The minimum absolute atomic E-state index is 0.272. The van der Waals surface area contributed by atoms with Gasteiger partial charge in [0.1, 0.15) is 0 Å². The minimum atomic E-state index is -0.272. The SMILES string of the molecule is C=C(/C=C\C(=C/C)N(c1ccc(N(c2ccccc2)c2ccccc2)cc1)c1ccc(N(c2ccccc2)c2ccccc2)cc1)N(c1ccccc1)C1(C)C=CC=CC1. The maximum absolute atomic E-state index is 4.66. The monoisotopic (exact) mass is 778 g/mol. The molecule has 0 saturated heterocycles. The molecule has 60 heavy (non-hydrogen) atoms. The molecule has 0 N–H and O–H groups in total. The number of nitrogens with zero attached hydrogens (tertiary/aromatic N) is 4. The number of para-hydroxylation sites is 5. The zero-order valence-corrected chi connectivity index (χ0v) is 34.3. The minimum Gasteiger partial charge on any atom is -0.332 e. The van der Waals surface area contributed by atoms with Crippen LogP contribution in [-0.2, 0) is 0 Å². The summed E-state index contributed by atoms with van der Waals surface area (Å²) in [7, 11) is 0. The van der Waals surface area contributed by atoms with Crippen LogP contribution >= 0.6 is 0 Å². The Hall–Kier alpha value is -7.56. The van der Waals surface area contributed by atoms with Gasteiger partial charge < -0.3 is 19.6 Å². The Bertz CT molecular complexity index is 2370. The largest absolute Gasteiger partial charge is 0.332 e. The van der Waals surface area contributed by atoms with Gasteiger partial charge in [0.2, 0.25) is 0 Å². The molecule has 0 amide bonds. The van der Waals surface area contributed by atoms with E-state index in [9.17, 15) is 0 Å². The van der Waals surface area contributed by atoms with Gasteiger partial charge in [-0.2, -0.15) is 0 Å². The van der Waals surface area contributed by atoms with Crippen molar-refractivity contribution in [1.82, 2.24) is 0 Å². The molecule has 8 rings (SSSR count). The van der Waals surface area contributed by atoms with E-state index in [-0.39, 0.29) is 5.54 Å². The molecule has 0 aliphatic heterocycles. The van der Waals surface area contributed by atoms with Crippen LogP contribution in [0, 0.1) is 0 Å². The van der Waals surface area contributed by atoms with Gasteiger partial charge in [-0.25, -0.2) is 0 Å². The lowest BCUT2D eigenvalue weighted by atomic mass is 9.90. The molecule has 1 aliphatic carbocycles. The van der Waals surface area contributed by atoms with Crippen LogP contribution < -0.4 is 19.6 Å². The van der Waals surface area contributed by atoms with Gasteiger partial charge in [-0.15, -0.1) is 0 Å². The van der Waals surface area contributed by atoms with Gasteiger partial charge in [0.25, 0.3) is 0 Å². The Kier molecular flexibility index (Phi) is 12.0. The number of rotatable bonds is 14. The standard InChI is InChI=1S/C56H50N4/c1-4-46(34-33-45(2)60(55-31-19-9-20-32-55)56(3)43-21-10-22-44-56)57(51-35-39-53(40-36-51)58(47-23-11-5-12-24-47)48-25-13-6-14-26-48)52-37-41-54(42-38-52)59(49-27-15-7-16-28-49)50-29-17-8-18-30-50/h4-43H,2,44H2,1,3H3/b34-33-,46-4+. The van der Waals surface area contributed by atoms with Gasteiger partial charge in [-0.3, -0.25) is 0 Å². The van der Waals surface area contributed by atoms with Crippen molar-refractivity contribution < 1.29 is 0 Å². The van der Waals surface area contributed by atoms with Crippen LogP contribution in [0.2, 0.25) is 0 Å². The van der Waals surface area contributed by atoms with Gasteiger partial charge in [0.15, 0.2) is 0 Å². The lowest BCUT2D eigenvalue weighted by molar-refractivity contribution is 0.557. The third-order valence-electron chi connectivity index (χ3n) is 10.8. The maximum atomic E-state index is 4.66. The topological polar surface area (TPSA) is 13.0 Å². The van der Waals surface area contributed by atoms with E-state index in [0.717, 1.165) is 69.0 Å². The Morgan fingerprint density at radius 2 is 0.800 bits per heavy atom. The summed E-state index contributed by atoms with van der Waals surface area (Å²) in [5.74, 6) is 0. The normalized spacial score (nSPS) is 14.8. The fourth-order valence-corrected chi connectivity index (χ4v) is 7.96. The van der Waals surface area contributed by atoms with Crippen molar-refractivity contribution in [2.75, 3.05) is 19.6 Å². The first kappa shape index (κ1) is 39.3. The van der Waals surface area contributed by atoms with E-state index < -0.39 is 0 Å². The summed E-state index contributed by atoms with van der Waals surface area (Å²) in [6.45, 7) is 9.04. The summed E-state index contributed by atoms with van der Waals surface area (Å²) in [6.07, 6.45) is 16.1. The number of benzene rings is 7. The molecule has 1 aliphatic rings. The molecule has 0 spiro atoms. The van der Waals surface area contributed by atoms with E-state index in [1.807, 2.05) is 0 Å². The van der Waals surface area contributed by atoms with Crippen LogP contribution in [0.5, 0.6) is 0 Å². The molecular formula is C56H50N4. The molecular weight excluding hydrogens is 729 g/mol. The highest BCUT2D eigenvalue weighted by atomic mass is 15.2. The van der Waals surface area contributed by atoms with Gasteiger partial charge in [-0.05, 0) is 142 Å². The van der Waals surface area contributed by atoms with Crippen LogP contribution in [-0.4, -0.2) is 5.54 Å². The first-order chi connectivity index (χ1) is 29.5. The van der Waals surface area contributed by atoms with Gasteiger partial charge in [0.05, 0.1) is 5.54 Å². The summed E-state index contributed by atoms with van der Waals surface area (Å²) >= 11 is 0. The number of hydrogen-bond acceptors (Lipinski definition) is 4. The van der Waals surface area contributed by atoms with E-state index in [2.05, 4.69) is 283 Å². The number of allylic oxidation sites excluding steroid dienone is 5.